The minimum atomic E-state index is -0.663. The van der Waals surface area contributed by atoms with Crippen molar-refractivity contribution >= 4 is 5.78 Å². The molecule has 0 spiro atoms. The van der Waals surface area contributed by atoms with Crippen molar-refractivity contribution in [3.05, 3.63) is 42.0 Å². The second-order valence-electron chi connectivity index (χ2n) is 5.03. The zero-order chi connectivity index (χ0) is 13.3. The Morgan fingerprint density at radius 3 is 2.39 bits per heavy atom. The molecule has 0 saturated carbocycles. The van der Waals surface area contributed by atoms with E-state index in [0.717, 1.165) is 0 Å². The summed E-state index contributed by atoms with van der Waals surface area (Å²) in [6, 6.07) is 4.43. The van der Waals surface area contributed by atoms with Crippen LogP contribution in [0.3, 0.4) is 0 Å². The lowest BCUT2D eigenvalue weighted by Gasteiger charge is -2.19. The zero-order valence-electron chi connectivity index (χ0n) is 10.5. The van der Waals surface area contributed by atoms with Crippen LogP contribution in [0.15, 0.2) is 30.6 Å². The standard InChI is InChI=1S/C13H14FN3O/c1-13(2,3)12(18)11-9(14)5-4-6-10(11)17-15-7-8-16-17/h4-8H,1-3H3. The average molecular weight is 247 g/mol. The molecule has 0 fully saturated rings. The van der Waals surface area contributed by atoms with Gasteiger partial charge in [-0.05, 0) is 12.1 Å². The highest BCUT2D eigenvalue weighted by molar-refractivity contribution is 6.02. The lowest BCUT2D eigenvalue weighted by Crippen LogP contribution is -2.23. The molecule has 0 N–H and O–H groups in total. The fourth-order valence-electron chi connectivity index (χ4n) is 1.62. The number of rotatable bonds is 2. The Balaban J connectivity index is 2.63. The number of hydrogen-bond donors (Lipinski definition) is 0. The molecule has 0 radical (unpaired) electrons. The molecule has 0 aliphatic carbocycles. The first-order valence-electron chi connectivity index (χ1n) is 5.61. The number of carbonyl (C=O) groups is 1. The summed E-state index contributed by atoms with van der Waals surface area (Å²) in [5, 5.41) is 7.88. The maximum absolute atomic E-state index is 13.9. The fourth-order valence-corrected chi connectivity index (χ4v) is 1.62. The molecule has 0 amide bonds. The Bertz CT molecular complexity index is 570. The summed E-state index contributed by atoms with van der Waals surface area (Å²) in [5.74, 6) is -0.822. The van der Waals surface area contributed by atoms with Crippen molar-refractivity contribution in [1.29, 1.82) is 0 Å². The van der Waals surface area contributed by atoms with Gasteiger partial charge in [0.05, 0.1) is 23.6 Å². The molecule has 18 heavy (non-hydrogen) atoms. The third-order valence-electron chi connectivity index (χ3n) is 2.53. The van der Waals surface area contributed by atoms with Gasteiger partial charge in [-0.25, -0.2) is 4.39 Å². The van der Waals surface area contributed by atoms with Gasteiger partial charge in [-0.3, -0.25) is 4.79 Å². The number of nitrogens with zero attached hydrogens (tertiary/aromatic N) is 3. The van der Waals surface area contributed by atoms with Crippen LogP contribution in [0.4, 0.5) is 4.39 Å². The summed E-state index contributed by atoms with van der Waals surface area (Å²) in [7, 11) is 0. The molecule has 0 aliphatic rings. The lowest BCUT2D eigenvalue weighted by atomic mass is 9.85. The summed E-state index contributed by atoms with van der Waals surface area (Å²) < 4.78 is 13.9. The van der Waals surface area contributed by atoms with Crippen LogP contribution in [0, 0.1) is 11.2 Å². The van der Waals surface area contributed by atoms with Gasteiger partial charge in [0.25, 0.3) is 0 Å². The Kier molecular flexibility index (Phi) is 2.98. The van der Waals surface area contributed by atoms with E-state index in [1.165, 1.54) is 29.3 Å². The van der Waals surface area contributed by atoms with Gasteiger partial charge in [-0.2, -0.15) is 15.0 Å². The summed E-state index contributed by atoms with van der Waals surface area (Å²) in [6.07, 6.45) is 2.96. The Labute approximate surface area is 104 Å². The fraction of sp³-hybridized carbons (Fsp3) is 0.308. The second-order valence-corrected chi connectivity index (χ2v) is 5.03. The van der Waals surface area contributed by atoms with Crippen molar-refractivity contribution in [1.82, 2.24) is 15.0 Å². The van der Waals surface area contributed by atoms with Crippen molar-refractivity contribution < 1.29 is 9.18 Å². The smallest absolute Gasteiger partial charge is 0.173 e. The molecule has 1 aromatic carbocycles. The van der Waals surface area contributed by atoms with Crippen molar-refractivity contribution in [3.8, 4) is 5.69 Å². The molecule has 0 bridgehead atoms. The summed E-state index contributed by atoms with van der Waals surface area (Å²) in [5.41, 5.74) is -0.273. The lowest BCUT2D eigenvalue weighted by molar-refractivity contribution is 0.0853. The molecule has 4 nitrogen and oxygen atoms in total. The van der Waals surface area contributed by atoms with Gasteiger partial charge >= 0.3 is 0 Å². The van der Waals surface area contributed by atoms with E-state index in [2.05, 4.69) is 10.2 Å². The van der Waals surface area contributed by atoms with Gasteiger partial charge in [0.2, 0.25) is 0 Å². The predicted octanol–water partition coefficient (Wildman–Crippen LogP) is 2.64. The Hall–Kier alpha value is -2.04. The van der Waals surface area contributed by atoms with Crippen molar-refractivity contribution in [2.45, 2.75) is 20.8 Å². The minimum Gasteiger partial charge on any atom is -0.293 e. The molecular weight excluding hydrogens is 233 g/mol. The topological polar surface area (TPSA) is 47.8 Å². The monoisotopic (exact) mass is 247 g/mol. The highest BCUT2D eigenvalue weighted by atomic mass is 19.1. The van der Waals surface area contributed by atoms with E-state index in [4.69, 9.17) is 0 Å². The van der Waals surface area contributed by atoms with Crippen LogP contribution in [0.1, 0.15) is 31.1 Å². The number of halogens is 1. The van der Waals surface area contributed by atoms with Crippen LogP contribution in [0.5, 0.6) is 0 Å². The highest BCUT2D eigenvalue weighted by Crippen LogP contribution is 2.26. The summed E-state index contributed by atoms with van der Waals surface area (Å²) in [4.78, 5) is 13.5. The highest BCUT2D eigenvalue weighted by Gasteiger charge is 2.28. The first kappa shape index (κ1) is 12.4. The molecule has 0 aliphatic heterocycles. The number of hydrogen-bond acceptors (Lipinski definition) is 3. The second kappa shape index (κ2) is 4.33. The molecule has 94 valence electrons. The van der Waals surface area contributed by atoms with Crippen LogP contribution in [-0.2, 0) is 0 Å². The van der Waals surface area contributed by atoms with E-state index in [-0.39, 0.29) is 11.3 Å². The molecule has 2 aromatic rings. The number of ketones is 1. The molecule has 1 aromatic heterocycles. The van der Waals surface area contributed by atoms with Gasteiger partial charge in [-0.1, -0.05) is 26.8 Å². The molecule has 5 heteroatoms. The van der Waals surface area contributed by atoms with E-state index in [1.54, 1.807) is 26.8 Å². The number of Topliss-reactive ketones (excluding diaryl/α,β-unsaturated/α-hetero) is 1. The Morgan fingerprint density at radius 1 is 1.22 bits per heavy atom. The van der Waals surface area contributed by atoms with Gasteiger partial charge in [0.1, 0.15) is 5.82 Å². The van der Waals surface area contributed by atoms with E-state index in [9.17, 15) is 9.18 Å². The van der Waals surface area contributed by atoms with Gasteiger partial charge in [0.15, 0.2) is 5.78 Å². The Morgan fingerprint density at radius 2 is 1.83 bits per heavy atom. The first-order chi connectivity index (χ1) is 8.41. The third kappa shape index (κ3) is 2.16. The van der Waals surface area contributed by atoms with E-state index < -0.39 is 11.2 Å². The van der Waals surface area contributed by atoms with Crippen molar-refractivity contribution in [2.75, 3.05) is 0 Å². The normalized spacial score (nSPS) is 11.6. The van der Waals surface area contributed by atoms with Crippen LogP contribution in [-0.4, -0.2) is 20.8 Å². The molecule has 0 unspecified atom stereocenters. The summed E-state index contributed by atoms with van der Waals surface area (Å²) >= 11 is 0. The first-order valence-corrected chi connectivity index (χ1v) is 5.61. The zero-order valence-corrected chi connectivity index (χ0v) is 10.5. The number of carbonyl (C=O) groups excluding carboxylic acids is 1. The van der Waals surface area contributed by atoms with Crippen LogP contribution in [0.2, 0.25) is 0 Å². The molecule has 0 atom stereocenters. The van der Waals surface area contributed by atoms with Gasteiger partial charge < -0.3 is 0 Å². The third-order valence-corrected chi connectivity index (χ3v) is 2.53. The average Bonchev–Trinajstić information content (AvgIpc) is 2.79. The quantitative estimate of drug-likeness (QED) is 0.766. The molecule has 1 heterocycles. The maximum Gasteiger partial charge on any atom is 0.173 e. The molecular formula is C13H14FN3O. The van der Waals surface area contributed by atoms with E-state index in [0.29, 0.717) is 5.69 Å². The summed E-state index contributed by atoms with van der Waals surface area (Å²) in [6.45, 7) is 5.26. The van der Waals surface area contributed by atoms with Crippen LogP contribution < -0.4 is 0 Å². The SMILES string of the molecule is CC(C)(C)C(=O)c1c(F)cccc1-n1nccn1. The van der Waals surface area contributed by atoms with Crippen molar-refractivity contribution in [2.24, 2.45) is 5.41 Å². The predicted molar refractivity (Wildman–Crippen MR) is 65.1 cm³/mol. The van der Waals surface area contributed by atoms with Gasteiger partial charge in [-0.15, -0.1) is 0 Å². The van der Waals surface area contributed by atoms with Gasteiger partial charge in [0, 0.05) is 5.41 Å². The minimum absolute atomic E-state index is 0.0289. The largest absolute Gasteiger partial charge is 0.293 e. The van der Waals surface area contributed by atoms with Crippen LogP contribution >= 0.6 is 0 Å². The maximum atomic E-state index is 13.9. The van der Waals surface area contributed by atoms with E-state index >= 15 is 0 Å². The number of benzene rings is 1. The van der Waals surface area contributed by atoms with E-state index in [1.807, 2.05) is 0 Å². The molecule has 0 saturated heterocycles. The number of aromatic nitrogens is 3. The molecule has 2 rings (SSSR count). The van der Waals surface area contributed by atoms with Crippen molar-refractivity contribution in [3.63, 3.8) is 0 Å². The van der Waals surface area contributed by atoms with Crippen LogP contribution in [0.25, 0.3) is 5.69 Å².